The molecule has 1 N–H and O–H groups in total. The third-order valence-corrected chi connectivity index (χ3v) is 4.42. The molecule has 2 rings (SSSR count). The van der Waals surface area contributed by atoms with Crippen LogP contribution in [0.2, 0.25) is 0 Å². The van der Waals surface area contributed by atoms with Crippen molar-refractivity contribution in [1.29, 1.82) is 0 Å². The summed E-state index contributed by atoms with van der Waals surface area (Å²) >= 11 is 0. The van der Waals surface area contributed by atoms with E-state index in [-0.39, 0.29) is 0 Å². The zero-order valence-corrected chi connectivity index (χ0v) is 12.9. The molecule has 2 nitrogen and oxygen atoms in total. The average molecular weight is 260 g/mol. The Labute approximate surface area is 118 Å². The minimum absolute atomic E-state index is 0.805. The predicted molar refractivity (Wildman–Crippen MR) is 83.7 cm³/mol. The minimum atomic E-state index is 0.805. The number of rotatable bonds is 5. The van der Waals surface area contributed by atoms with Crippen molar-refractivity contribution in [2.45, 2.75) is 40.7 Å². The van der Waals surface area contributed by atoms with Crippen molar-refractivity contribution in [2.75, 3.05) is 24.5 Å². The van der Waals surface area contributed by atoms with Crippen LogP contribution in [0, 0.1) is 18.8 Å². The monoisotopic (exact) mass is 260 g/mol. The molecule has 106 valence electrons. The Morgan fingerprint density at radius 2 is 2.16 bits per heavy atom. The van der Waals surface area contributed by atoms with Crippen molar-refractivity contribution >= 4 is 5.69 Å². The summed E-state index contributed by atoms with van der Waals surface area (Å²) in [6.07, 6.45) is 1.34. The van der Waals surface area contributed by atoms with E-state index >= 15 is 0 Å². The van der Waals surface area contributed by atoms with Gasteiger partial charge in [-0.2, -0.15) is 0 Å². The third-order valence-electron chi connectivity index (χ3n) is 4.42. The fourth-order valence-corrected chi connectivity index (χ4v) is 2.90. The van der Waals surface area contributed by atoms with Gasteiger partial charge in [0.15, 0.2) is 0 Å². The fourth-order valence-electron chi connectivity index (χ4n) is 2.90. The second kappa shape index (κ2) is 6.42. The molecular weight excluding hydrogens is 232 g/mol. The zero-order chi connectivity index (χ0) is 13.8. The summed E-state index contributed by atoms with van der Waals surface area (Å²) in [7, 11) is 0. The Morgan fingerprint density at radius 1 is 1.37 bits per heavy atom. The number of anilines is 1. The first kappa shape index (κ1) is 14.4. The van der Waals surface area contributed by atoms with Gasteiger partial charge in [0.05, 0.1) is 0 Å². The first-order valence-electron chi connectivity index (χ1n) is 7.67. The summed E-state index contributed by atoms with van der Waals surface area (Å²) in [5.74, 6) is 1.67. The summed E-state index contributed by atoms with van der Waals surface area (Å²) in [6, 6.07) is 6.94. The van der Waals surface area contributed by atoms with Gasteiger partial charge in [0.2, 0.25) is 0 Å². The number of aryl methyl sites for hydroxylation is 1. The number of hydrogen-bond acceptors (Lipinski definition) is 2. The molecule has 1 aliphatic heterocycles. The van der Waals surface area contributed by atoms with E-state index in [1.54, 1.807) is 0 Å². The third kappa shape index (κ3) is 3.50. The molecule has 1 aromatic rings. The molecule has 1 aliphatic rings. The maximum atomic E-state index is 3.40. The standard InChI is InChI=1S/C17H28N2/c1-5-18-11-15-6-7-17(10-14(15)4)19-9-8-16(12-19)13(2)3/h6-7,10,13,16,18H,5,8-9,11-12H2,1-4H3. The van der Waals surface area contributed by atoms with Crippen LogP contribution in [0.1, 0.15) is 38.3 Å². The second-order valence-electron chi connectivity index (χ2n) is 6.13. The highest BCUT2D eigenvalue weighted by Crippen LogP contribution is 2.29. The normalized spacial score (nSPS) is 19.4. The molecule has 0 amide bonds. The minimum Gasteiger partial charge on any atom is -0.371 e. The highest BCUT2D eigenvalue weighted by molar-refractivity contribution is 5.51. The molecular formula is C17H28N2. The topological polar surface area (TPSA) is 15.3 Å². The smallest absolute Gasteiger partial charge is 0.0369 e. The predicted octanol–water partition coefficient (Wildman–Crippen LogP) is 3.59. The van der Waals surface area contributed by atoms with Gasteiger partial charge in [-0.15, -0.1) is 0 Å². The largest absolute Gasteiger partial charge is 0.371 e. The summed E-state index contributed by atoms with van der Waals surface area (Å²) in [5, 5.41) is 3.40. The lowest BCUT2D eigenvalue weighted by atomic mass is 9.95. The van der Waals surface area contributed by atoms with Crippen LogP contribution in [-0.4, -0.2) is 19.6 Å². The lowest BCUT2D eigenvalue weighted by Crippen LogP contribution is -2.21. The van der Waals surface area contributed by atoms with Gasteiger partial charge in [0, 0.05) is 25.3 Å². The van der Waals surface area contributed by atoms with Crippen LogP contribution in [0.25, 0.3) is 0 Å². The lowest BCUT2D eigenvalue weighted by Gasteiger charge is -2.21. The highest BCUT2D eigenvalue weighted by Gasteiger charge is 2.25. The Morgan fingerprint density at radius 3 is 2.74 bits per heavy atom. The van der Waals surface area contributed by atoms with Crippen molar-refractivity contribution in [2.24, 2.45) is 11.8 Å². The Bertz CT molecular complexity index is 412. The van der Waals surface area contributed by atoms with Gasteiger partial charge >= 0.3 is 0 Å². The van der Waals surface area contributed by atoms with E-state index in [4.69, 9.17) is 0 Å². The quantitative estimate of drug-likeness (QED) is 0.870. The van der Waals surface area contributed by atoms with Crippen molar-refractivity contribution in [3.05, 3.63) is 29.3 Å². The Kier molecular flexibility index (Phi) is 4.87. The van der Waals surface area contributed by atoms with Crippen LogP contribution in [-0.2, 0) is 6.54 Å². The number of nitrogens with one attached hydrogen (secondary N) is 1. The van der Waals surface area contributed by atoms with Gasteiger partial charge in [-0.3, -0.25) is 0 Å². The van der Waals surface area contributed by atoms with Gasteiger partial charge in [-0.05, 0) is 55.0 Å². The molecule has 0 spiro atoms. The van der Waals surface area contributed by atoms with E-state index in [0.29, 0.717) is 0 Å². The van der Waals surface area contributed by atoms with E-state index in [1.807, 2.05) is 0 Å². The van der Waals surface area contributed by atoms with Crippen molar-refractivity contribution in [1.82, 2.24) is 5.32 Å². The summed E-state index contributed by atoms with van der Waals surface area (Å²) in [4.78, 5) is 2.55. The molecule has 0 bridgehead atoms. The first-order valence-corrected chi connectivity index (χ1v) is 7.67. The molecule has 1 heterocycles. The zero-order valence-electron chi connectivity index (χ0n) is 12.9. The maximum Gasteiger partial charge on any atom is 0.0369 e. The van der Waals surface area contributed by atoms with Crippen LogP contribution < -0.4 is 10.2 Å². The maximum absolute atomic E-state index is 3.40. The fraction of sp³-hybridized carbons (Fsp3) is 0.647. The summed E-state index contributed by atoms with van der Waals surface area (Å²) in [5.41, 5.74) is 4.23. The van der Waals surface area contributed by atoms with Gasteiger partial charge in [-0.25, -0.2) is 0 Å². The van der Waals surface area contributed by atoms with E-state index < -0.39 is 0 Å². The molecule has 1 unspecified atom stereocenters. The van der Waals surface area contributed by atoms with Crippen molar-refractivity contribution < 1.29 is 0 Å². The second-order valence-corrected chi connectivity index (χ2v) is 6.13. The average Bonchev–Trinajstić information content (AvgIpc) is 2.87. The molecule has 0 saturated carbocycles. The van der Waals surface area contributed by atoms with Crippen LogP contribution in [0.3, 0.4) is 0 Å². The SMILES string of the molecule is CCNCc1ccc(N2CCC(C(C)C)C2)cc1C. The molecule has 0 aliphatic carbocycles. The number of nitrogens with zero attached hydrogens (tertiary/aromatic N) is 1. The van der Waals surface area contributed by atoms with Gasteiger partial charge < -0.3 is 10.2 Å². The summed E-state index contributed by atoms with van der Waals surface area (Å²) < 4.78 is 0. The van der Waals surface area contributed by atoms with E-state index in [9.17, 15) is 0 Å². The van der Waals surface area contributed by atoms with Crippen LogP contribution >= 0.6 is 0 Å². The molecule has 0 radical (unpaired) electrons. The van der Waals surface area contributed by atoms with Crippen molar-refractivity contribution in [3.63, 3.8) is 0 Å². The van der Waals surface area contributed by atoms with E-state index in [2.05, 4.69) is 56.1 Å². The molecule has 2 heteroatoms. The summed E-state index contributed by atoms with van der Waals surface area (Å²) in [6.45, 7) is 13.5. The Hall–Kier alpha value is -1.02. The highest BCUT2D eigenvalue weighted by atomic mass is 15.1. The van der Waals surface area contributed by atoms with Crippen LogP contribution in [0.5, 0.6) is 0 Å². The Balaban J connectivity index is 2.04. The van der Waals surface area contributed by atoms with Crippen LogP contribution in [0.15, 0.2) is 18.2 Å². The van der Waals surface area contributed by atoms with E-state index in [0.717, 1.165) is 24.9 Å². The lowest BCUT2D eigenvalue weighted by molar-refractivity contribution is 0.423. The molecule has 1 fully saturated rings. The first-order chi connectivity index (χ1) is 9.11. The molecule has 1 saturated heterocycles. The van der Waals surface area contributed by atoms with Crippen LogP contribution in [0.4, 0.5) is 5.69 Å². The van der Waals surface area contributed by atoms with Gasteiger partial charge in [-0.1, -0.05) is 26.8 Å². The van der Waals surface area contributed by atoms with Crippen molar-refractivity contribution in [3.8, 4) is 0 Å². The van der Waals surface area contributed by atoms with Gasteiger partial charge in [0.1, 0.15) is 0 Å². The molecule has 1 aromatic carbocycles. The molecule has 0 aromatic heterocycles. The van der Waals surface area contributed by atoms with E-state index in [1.165, 1.54) is 36.3 Å². The number of hydrogen-bond donors (Lipinski definition) is 1. The molecule has 19 heavy (non-hydrogen) atoms. The molecule has 1 atom stereocenters. The number of benzene rings is 1. The van der Waals surface area contributed by atoms with Gasteiger partial charge in [0.25, 0.3) is 0 Å².